The maximum absolute atomic E-state index is 5.06. The Morgan fingerprint density at radius 1 is 0.862 bits per heavy atom. The topological polar surface area (TPSA) is 57.5 Å². The fourth-order valence-electron chi connectivity index (χ4n) is 3.11. The van der Waals surface area contributed by atoms with Crippen LogP contribution in [0.15, 0.2) is 77.0 Å². The third-order valence-electron chi connectivity index (χ3n) is 4.56. The van der Waals surface area contributed by atoms with Gasteiger partial charge in [0.2, 0.25) is 0 Å². The molecule has 0 N–H and O–H groups in total. The number of hydrogen-bond acceptors (Lipinski definition) is 7. The SMILES string of the molecule is S=NN(CCN(Cc1ccccn1)Cc1ccccn1)c1ccc2ncsc2c1. The van der Waals surface area contributed by atoms with Crippen molar-refractivity contribution in [3.63, 3.8) is 0 Å². The van der Waals surface area contributed by atoms with E-state index < -0.39 is 0 Å². The molecular weight excluding hydrogens is 400 g/mol. The molecule has 0 aliphatic rings. The zero-order chi connectivity index (χ0) is 19.9. The van der Waals surface area contributed by atoms with Gasteiger partial charge in [-0.15, -0.1) is 15.8 Å². The Bertz CT molecular complexity index is 1010. The first-order valence-corrected chi connectivity index (χ1v) is 10.5. The van der Waals surface area contributed by atoms with Gasteiger partial charge in [0.25, 0.3) is 0 Å². The minimum absolute atomic E-state index is 0.674. The standard InChI is InChI=1S/C21H20N6S2/c28-25-27(19-7-8-20-21(13-19)29-16-24-20)12-11-26(14-17-5-1-3-9-22-17)15-18-6-2-4-10-23-18/h1-10,13,16H,11-12,14-15H2. The number of hydrogen-bond donors (Lipinski definition) is 0. The highest BCUT2D eigenvalue weighted by molar-refractivity contribution is 7.47. The lowest BCUT2D eigenvalue weighted by Crippen LogP contribution is -2.32. The molecule has 0 spiro atoms. The highest BCUT2D eigenvalue weighted by Crippen LogP contribution is 2.24. The van der Waals surface area contributed by atoms with Gasteiger partial charge in [-0.2, -0.15) is 0 Å². The van der Waals surface area contributed by atoms with Gasteiger partial charge in [0.1, 0.15) is 0 Å². The fourth-order valence-corrected chi connectivity index (χ4v) is 4.00. The van der Waals surface area contributed by atoms with Crippen LogP contribution in [0.3, 0.4) is 0 Å². The fraction of sp³-hybridized carbons (Fsp3) is 0.190. The summed E-state index contributed by atoms with van der Waals surface area (Å²) in [6.45, 7) is 2.91. The largest absolute Gasteiger partial charge is 0.290 e. The van der Waals surface area contributed by atoms with Gasteiger partial charge in [-0.3, -0.25) is 19.9 Å². The van der Waals surface area contributed by atoms with Crippen LogP contribution in [0.25, 0.3) is 10.2 Å². The second-order valence-electron chi connectivity index (χ2n) is 6.56. The van der Waals surface area contributed by atoms with Gasteiger partial charge in [0.15, 0.2) is 0 Å². The number of nitrogens with zero attached hydrogens (tertiary/aromatic N) is 6. The molecule has 0 aliphatic heterocycles. The van der Waals surface area contributed by atoms with Gasteiger partial charge < -0.3 is 0 Å². The molecule has 4 rings (SSSR count). The number of pyridine rings is 2. The molecular formula is C21H20N6S2. The summed E-state index contributed by atoms with van der Waals surface area (Å²) in [5.41, 5.74) is 5.88. The second kappa shape index (κ2) is 9.60. The average molecular weight is 421 g/mol. The number of anilines is 1. The number of fused-ring (bicyclic) bond motifs is 1. The third-order valence-corrected chi connectivity index (χ3v) is 5.55. The normalized spacial score (nSPS) is 11.1. The quantitative estimate of drug-likeness (QED) is 0.378. The van der Waals surface area contributed by atoms with Crippen molar-refractivity contribution in [3.05, 3.63) is 83.9 Å². The predicted octanol–water partition coefficient (Wildman–Crippen LogP) is 4.24. The maximum Gasteiger partial charge on any atom is 0.0813 e. The summed E-state index contributed by atoms with van der Waals surface area (Å²) < 4.78 is 5.21. The molecule has 0 radical (unpaired) electrons. The van der Waals surface area contributed by atoms with E-state index in [0.717, 1.165) is 46.9 Å². The van der Waals surface area contributed by atoms with Crippen LogP contribution in [0.2, 0.25) is 0 Å². The molecule has 0 aliphatic carbocycles. The molecule has 4 aromatic rings. The van der Waals surface area contributed by atoms with Crippen LogP contribution in [0.5, 0.6) is 0 Å². The molecule has 1 aromatic carbocycles. The van der Waals surface area contributed by atoms with Gasteiger partial charge in [0.05, 0.1) is 51.8 Å². The van der Waals surface area contributed by atoms with E-state index in [1.54, 1.807) is 11.3 Å². The number of benzene rings is 1. The summed E-state index contributed by atoms with van der Waals surface area (Å²) in [5.74, 6) is 0. The summed E-state index contributed by atoms with van der Waals surface area (Å²) in [4.78, 5) is 15.6. The lowest BCUT2D eigenvalue weighted by Gasteiger charge is -2.25. The number of rotatable bonds is 9. The summed E-state index contributed by atoms with van der Waals surface area (Å²) in [6, 6.07) is 18.1. The van der Waals surface area contributed by atoms with Crippen LogP contribution in [-0.2, 0) is 25.5 Å². The summed E-state index contributed by atoms with van der Waals surface area (Å²) >= 11 is 6.68. The molecule has 8 heteroatoms. The number of aromatic nitrogens is 3. The molecule has 3 heterocycles. The molecule has 6 nitrogen and oxygen atoms in total. The van der Waals surface area contributed by atoms with E-state index in [1.165, 1.54) is 0 Å². The molecule has 146 valence electrons. The minimum atomic E-state index is 0.674. The van der Waals surface area contributed by atoms with Crippen molar-refractivity contribution in [2.45, 2.75) is 13.1 Å². The Morgan fingerprint density at radius 3 is 2.21 bits per heavy atom. The third kappa shape index (κ3) is 5.17. The highest BCUT2D eigenvalue weighted by Gasteiger charge is 2.13. The van der Waals surface area contributed by atoms with Crippen molar-refractivity contribution < 1.29 is 0 Å². The van der Waals surface area contributed by atoms with E-state index >= 15 is 0 Å². The molecule has 29 heavy (non-hydrogen) atoms. The molecule has 0 saturated heterocycles. The Morgan fingerprint density at radius 2 is 1.59 bits per heavy atom. The van der Waals surface area contributed by atoms with Crippen LogP contribution < -0.4 is 5.01 Å². The predicted molar refractivity (Wildman–Crippen MR) is 119 cm³/mol. The van der Waals surface area contributed by atoms with E-state index in [0.29, 0.717) is 6.54 Å². The van der Waals surface area contributed by atoms with Crippen molar-refractivity contribution in [2.24, 2.45) is 4.47 Å². The van der Waals surface area contributed by atoms with Crippen molar-refractivity contribution in [2.75, 3.05) is 18.1 Å². The summed E-state index contributed by atoms with van der Waals surface area (Å²) in [7, 11) is 0. The minimum Gasteiger partial charge on any atom is -0.290 e. The zero-order valence-corrected chi connectivity index (χ0v) is 17.4. The van der Waals surface area contributed by atoms with Gasteiger partial charge in [-0.05, 0) is 42.5 Å². The smallest absolute Gasteiger partial charge is 0.0813 e. The van der Waals surface area contributed by atoms with Gasteiger partial charge in [-0.25, -0.2) is 4.98 Å². The highest BCUT2D eigenvalue weighted by atomic mass is 32.1. The molecule has 0 bridgehead atoms. The Hall–Kier alpha value is -2.81. The van der Waals surface area contributed by atoms with Crippen LogP contribution in [-0.4, -0.2) is 32.9 Å². The second-order valence-corrected chi connectivity index (χ2v) is 7.61. The van der Waals surface area contributed by atoms with Crippen molar-refractivity contribution in [1.29, 1.82) is 0 Å². The van der Waals surface area contributed by atoms with Crippen molar-refractivity contribution in [3.8, 4) is 0 Å². The summed E-state index contributed by atoms with van der Waals surface area (Å²) in [6.07, 6.45) is 3.65. The van der Waals surface area contributed by atoms with E-state index in [1.807, 2.05) is 71.4 Å². The van der Waals surface area contributed by atoms with Crippen molar-refractivity contribution in [1.82, 2.24) is 19.9 Å². The first-order chi connectivity index (χ1) is 14.3. The Kier molecular flexibility index (Phi) is 6.45. The van der Waals surface area contributed by atoms with Crippen molar-refractivity contribution >= 4 is 39.7 Å². The van der Waals surface area contributed by atoms with Crippen LogP contribution >= 0.6 is 11.3 Å². The van der Waals surface area contributed by atoms with Crippen LogP contribution in [0.1, 0.15) is 11.4 Å². The summed E-state index contributed by atoms with van der Waals surface area (Å²) in [5, 5.41) is 1.86. The monoisotopic (exact) mass is 420 g/mol. The molecule has 0 atom stereocenters. The van der Waals surface area contributed by atoms with Crippen LogP contribution in [0, 0.1) is 0 Å². The van der Waals surface area contributed by atoms with E-state index in [4.69, 9.17) is 12.4 Å². The van der Waals surface area contributed by atoms with Gasteiger partial charge >= 0.3 is 0 Å². The first-order valence-electron chi connectivity index (χ1n) is 9.28. The molecule has 0 amide bonds. The zero-order valence-electron chi connectivity index (χ0n) is 15.8. The first kappa shape index (κ1) is 19.5. The molecule has 0 unspecified atom stereocenters. The molecule has 0 fully saturated rings. The molecule has 0 saturated carbocycles. The van der Waals surface area contributed by atoms with Gasteiger partial charge in [0, 0.05) is 32.0 Å². The van der Waals surface area contributed by atoms with E-state index in [2.05, 4.69) is 30.4 Å². The van der Waals surface area contributed by atoms with E-state index in [9.17, 15) is 0 Å². The Balaban J connectivity index is 1.48. The maximum atomic E-state index is 5.06. The lowest BCUT2D eigenvalue weighted by molar-refractivity contribution is 0.256. The average Bonchev–Trinajstić information content (AvgIpc) is 3.23. The Labute approximate surface area is 179 Å². The van der Waals surface area contributed by atoms with Crippen LogP contribution in [0.4, 0.5) is 5.69 Å². The lowest BCUT2D eigenvalue weighted by atomic mass is 10.2. The number of thiazole rings is 1. The van der Waals surface area contributed by atoms with E-state index in [-0.39, 0.29) is 0 Å². The van der Waals surface area contributed by atoms with Gasteiger partial charge in [-0.1, -0.05) is 12.1 Å². The molecule has 3 aromatic heterocycles.